The summed E-state index contributed by atoms with van der Waals surface area (Å²) in [6.07, 6.45) is 3.67. The van der Waals surface area contributed by atoms with Gasteiger partial charge in [0.25, 0.3) is 5.91 Å². The Balaban J connectivity index is 1.47. The van der Waals surface area contributed by atoms with Crippen LogP contribution in [0.4, 0.5) is 0 Å². The van der Waals surface area contributed by atoms with Crippen LogP contribution in [-0.2, 0) is 10.2 Å². The highest BCUT2D eigenvalue weighted by molar-refractivity contribution is 7.08. The first-order valence-corrected chi connectivity index (χ1v) is 10.8. The summed E-state index contributed by atoms with van der Waals surface area (Å²) < 4.78 is 0. The van der Waals surface area contributed by atoms with Gasteiger partial charge in [0.2, 0.25) is 5.91 Å². The zero-order chi connectivity index (χ0) is 18.9. The zero-order valence-corrected chi connectivity index (χ0v) is 16.8. The van der Waals surface area contributed by atoms with Crippen LogP contribution in [0.1, 0.15) is 41.6 Å². The number of hydrogen-bond acceptors (Lipinski definition) is 3. The molecular weight excluding hydrogens is 380 g/mol. The summed E-state index contributed by atoms with van der Waals surface area (Å²) in [6, 6.07) is 9.58. The Morgan fingerprint density at radius 1 is 0.926 bits per heavy atom. The molecule has 4 rings (SSSR count). The smallest absolute Gasteiger partial charge is 0.254 e. The molecule has 1 saturated carbocycles. The number of thiophene rings is 1. The van der Waals surface area contributed by atoms with Crippen LogP contribution in [0.5, 0.6) is 0 Å². The molecule has 0 N–H and O–H groups in total. The van der Waals surface area contributed by atoms with Crippen molar-refractivity contribution < 1.29 is 9.59 Å². The van der Waals surface area contributed by atoms with E-state index < -0.39 is 5.41 Å². The SMILES string of the molecule is O=C(c1ccsc1)N1CCCN(C(=O)C2(c3ccc(Cl)cc3)CCC2)CC1. The van der Waals surface area contributed by atoms with Crippen LogP contribution >= 0.6 is 22.9 Å². The number of carbonyl (C=O) groups is 2. The van der Waals surface area contributed by atoms with E-state index in [1.54, 1.807) is 0 Å². The maximum Gasteiger partial charge on any atom is 0.254 e. The molecule has 2 heterocycles. The molecule has 27 heavy (non-hydrogen) atoms. The maximum atomic E-state index is 13.4. The van der Waals surface area contributed by atoms with Crippen LogP contribution in [0.3, 0.4) is 0 Å². The first-order chi connectivity index (χ1) is 13.1. The molecule has 1 aromatic heterocycles. The first kappa shape index (κ1) is 18.5. The van der Waals surface area contributed by atoms with Crippen LogP contribution in [0, 0.1) is 0 Å². The zero-order valence-electron chi connectivity index (χ0n) is 15.2. The van der Waals surface area contributed by atoms with E-state index in [4.69, 9.17) is 11.6 Å². The van der Waals surface area contributed by atoms with Gasteiger partial charge in [-0.05, 0) is 48.4 Å². The minimum atomic E-state index is -0.406. The number of benzene rings is 1. The Morgan fingerprint density at radius 3 is 2.26 bits per heavy atom. The van der Waals surface area contributed by atoms with Gasteiger partial charge in [-0.3, -0.25) is 9.59 Å². The van der Waals surface area contributed by atoms with Gasteiger partial charge >= 0.3 is 0 Å². The monoisotopic (exact) mass is 402 g/mol. The third-order valence-corrected chi connectivity index (χ3v) is 6.79. The van der Waals surface area contributed by atoms with Crippen LogP contribution in [0.2, 0.25) is 5.02 Å². The van der Waals surface area contributed by atoms with E-state index >= 15 is 0 Å². The summed E-state index contributed by atoms with van der Waals surface area (Å²) in [5.74, 6) is 0.280. The lowest BCUT2D eigenvalue weighted by molar-refractivity contribution is -0.140. The third kappa shape index (κ3) is 3.50. The highest BCUT2D eigenvalue weighted by atomic mass is 35.5. The maximum absolute atomic E-state index is 13.4. The van der Waals surface area contributed by atoms with E-state index in [0.717, 1.165) is 36.8 Å². The summed E-state index contributed by atoms with van der Waals surface area (Å²) in [5, 5.41) is 4.51. The van der Waals surface area contributed by atoms with E-state index in [-0.39, 0.29) is 11.8 Å². The van der Waals surface area contributed by atoms with E-state index in [1.165, 1.54) is 11.3 Å². The number of hydrogen-bond donors (Lipinski definition) is 0. The first-order valence-electron chi connectivity index (χ1n) is 9.47. The van der Waals surface area contributed by atoms with Gasteiger partial charge in [-0.2, -0.15) is 11.3 Å². The van der Waals surface area contributed by atoms with Gasteiger partial charge in [0, 0.05) is 36.6 Å². The fraction of sp³-hybridized carbons (Fsp3) is 0.429. The summed E-state index contributed by atoms with van der Waals surface area (Å²) in [6.45, 7) is 2.61. The van der Waals surface area contributed by atoms with Gasteiger partial charge in [0.15, 0.2) is 0 Å². The normalized spacial score (nSPS) is 19.3. The van der Waals surface area contributed by atoms with Crippen molar-refractivity contribution >= 4 is 34.8 Å². The Bertz CT molecular complexity index is 815. The standard InChI is InChI=1S/C21H23ClN2O2S/c22-18-5-3-17(4-6-18)21(8-1-9-21)20(26)24-11-2-10-23(12-13-24)19(25)16-7-14-27-15-16/h3-7,14-15H,1-2,8-13H2. The third-order valence-electron chi connectivity index (χ3n) is 5.85. The topological polar surface area (TPSA) is 40.6 Å². The number of nitrogens with zero attached hydrogens (tertiary/aromatic N) is 2. The molecule has 1 saturated heterocycles. The molecule has 0 atom stereocenters. The molecule has 6 heteroatoms. The Morgan fingerprint density at radius 2 is 1.63 bits per heavy atom. The lowest BCUT2D eigenvalue weighted by atomic mass is 9.63. The lowest BCUT2D eigenvalue weighted by Crippen LogP contribution is -2.52. The molecule has 0 bridgehead atoms. The van der Waals surface area contributed by atoms with Crippen molar-refractivity contribution in [2.75, 3.05) is 26.2 Å². The summed E-state index contributed by atoms with van der Waals surface area (Å²) >= 11 is 7.56. The van der Waals surface area contributed by atoms with Gasteiger partial charge in [0.1, 0.15) is 0 Å². The molecule has 0 unspecified atom stereocenters. The fourth-order valence-electron chi connectivity index (χ4n) is 4.12. The average Bonchev–Trinajstić information content (AvgIpc) is 3.06. The predicted octanol–water partition coefficient (Wildman–Crippen LogP) is 4.20. The lowest BCUT2D eigenvalue weighted by Gasteiger charge is -2.44. The largest absolute Gasteiger partial charge is 0.340 e. The number of carbonyl (C=O) groups excluding carboxylic acids is 2. The van der Waals surface area contributed by atoms with Gasteiger partial charge in [-0.25, -0.2) is 0 Å². The molecule has 4 nitrogen and oxygen atoms in total. The predicted molar refractivity (Wildman–Crippen MR) is 108 cm³/mol. The fourth-order valence-corrected chi connectivity index (χ4v) is 4.88. The average molecular weight is 403 g/mol. The molecule has 2 amide bonds. The molecule has 1 aliphatic carbocycles. The molecule has 1 aromatic carbocycles. The van der Waals surface area contributed by atoms with E-state index in [1.807, 2.05) is 50.9 Å². The minimum absolute atomic E-state index is 0.0709. The second kappa shape index (κ2) is 7.64. The molecule has 2 aliphatic rings. The Kier molecular flexibility index (Phi) is 5.24. The Hall–Kier alpha value is -1.85. The van der Waals surface area contributed by atoms with Gasteiger partial charge < -0.3 is 9.80 Å². The summed E-state index contributed by atoms with van der Waals surface area (Å²) in [5.41, 5.74) is 1.41. The van der Waals surface area contributed by atoms with Crippen molar-refractivity contribution in [3.8, 4) is 0 Å². The van der Waals surface area contributed by atoms with Crippen molar-refractivity contribution in [3.05, 3.63) is 57.2 Å². The molecular formula is C21H23ClN2O2S. The number of rotatable bonds is 3. The van der Waals surface area contributed by atoms with Crippen LogP contribution in [0.25, 0.3) is 0 Å². The van der Waals surface area contributed by atoms with Crippen LogP contribution in [0.15, 0.2) is 41.1 Å². The number of amides is 2. The van der Waals surface area contributed by atoms with Crippen molar-refractivity contribution in [1.82, 2.24) is 9.80 Å². The van der Waals surface area contributed by atoms with Crippen molar-refractivity contribution in [2.45, 2.75) is 31.1 Å². The van der Waals surface area contributed by atoms with Crippen LogP contribution in [-0.4, -0.2) is 47.8 Å². The Labute approximate surface area is 168 Å². The van der Waals surface area contributed by atoms with E-state index in [9.17, 15) is 9.59 Å². The van der Waals surface area contributed by atoms with Crippen molar-refractivity contribution in [2.24, 2.45) is 0 Å². The van der Waals surface area contributed by atoms with Crippen LogP contribution < -0.4 is 0 Å². The highest BCUT2D eigenvalue weighted by Crippen LogP contribution is 2.45. The quantitative estimate of drug-likeness (QED) is 0.772. The molecule has 142 valence electrons. The molecule has 0 spiro atoms. The summed E-state index contributed by atoms with van der Waals surface area (Å²) in [7, 11) is 0. The summed E-state index contributed by atoms with van der Waals surface area (Å²) in [4.78, 5) is 29.9. The molecule has 0 radical (unpaired) electrons. The molecule has 2 fully saturated rings. The van der Waals surface area contributed by atoms with E-state index in [0.29, 0.717) is 31.2 Å². The van der Waals surface area contributed by atoms with E-state index in [2.05, 4.69) is 0 Å². The van der Waals surface area contributed by atoms with Gasteiger partial charge in [-0.1, -0.05) is 30.2 Å². The minimum Gasteiger partial charge on any atom is -0.340 e. The second-order valence-electron chi connectivity index (χ2n) is 7.39. The molecule has 2 aromatic rings. The second-order valence-corrected chi connectivity index (χ2v) is 8.61. The highest BCUT2D eigenvalue weighted by Gasteiger charge is 2.47. The number of halogens is 1. The van der Waals surface area contributed by atoms with Crippen molar-refractivity contribution in [1.29, 1.82) is 0 Å². The molecule has 1 aliphatic heterocycles. The van der Waals surface area contributed by atoms with Gasteiger partial charge in [0.05, 0.1) is 11.0 Å². The van der Waals surface area contributed by atoms with Gasteiger partial charge in [-0.15, -0.1) is 0 Å². The van der Waals surface area contributed by atoms with Crippen molar-refractivity contribution in [3.63, 3.8) is 0 Å².